The molecular weight excluding hydrogens is 104 g/mol. The third-order valence-corrected chi connectivity index (χ3v) is 1.60. The summed E-state index contributed by atoms with van der Waals surface area (Å²) in [5.41, 5.74) is 0. The van der Waals surface area contributed by atoms with Gasteiger partial charge in [-0.2, -0.15) is 0 Å². The smallest absolute Gasteiger partial charge is 0.291 e. The molecule has 0 bridgehead atoms. The molecule has 2 saturated heterocycles. The van der Waals surface area contributed by atoms with Crippen molar-refractivity contribution in [2.75, 3.05) is 0 Å². The summed E-state index contributed by atoms with van der Waals surface area (Å²) in [5.74, 6) is -0.115. The van der Waals surface area contributed by atoms with Gasteiger partial charge >= 0.3 is 0 Å². The van der Waals surface area contributed by atoms with Gasteiger partial charge < -0.3 is 9.47 Å². The lowest BCUT2D eigenvalue weighted by Gasteiger charge is -1.94. The second-order valence-corrected chi connectivity index (χ2v) is 2.35. The highest BCUT2D eigenvalue weighted by Gasteiger charge is 2.78. The normalized spacial score (nSPS) is 29.6. The minimum absolute atomic E-state index is 0.115. The predicted molar refractivity (Wildman–Crippen MR) is 27.7 cm³/mol. The summed E-state index contributed by atoms with van der Waals surface area (Å²) in [6, 6.07) is 0. The molecule has 2 aliphatic rings. The number of rotatable bonds is 3. The highest BCUT2D eigenvalue weighted by atomic mass is 17.0. The summed E-state index contributed by atoms with van der Waals surface area (Å²) in [5, 5.41) is 0. The van der Waals surface area contributed by atoms with E-state index >= 15 is 0 Å². The van der Waals surface area contributed by atoms with Gasteiger partial charge in [0.05, 0.1) is 0 Å². The summed E-state index contributed by atoms with van der Waals surface area (Å²) in [6.45, 7) is 2.17. The molecule has 2 rings (SSSR count). The molecule has 0 amide bonds. The first-order valence-electron chi connectivity index (χ1n) is 3.13. The molecule has 0 saturated carbocycles. The lowest BCUT2D eigenvalue weighted by Crippen LogP contribution is -1.96. The van der Waals surface area contributed by atoms with E-state index in [0.29, 0.717) is 0 Å². The molecule has 0 atom stereocenters. The topological polar surface area (TPSA) is 25.1 Å². The molecule has 0 aromatic heterocycles. The van der Waals surface area contributed by atoms with Gasteiger partial charge in [-0.15, -0.1) is 0 Å². The first kappa shape index (κ1) is 4.77. The van der Waals surface area contributed by atoms with Gasteiger partial charge in [-0.05, 0) is 6.42 Å². The Balaban J connectivity index is 1.70. The van der Waals surface area contributed by atoms with Gasteiger partial charge in [0.2, 0.25) is 5.79 Å². The van der Waals surface area contributed by atoms with Gasteiger partial charge in [0.1, 0.15) is 0 Å². The summed E-state index contributed by atoms with van der Waals surface area (Å²) in [6.07, 6.45) is 4.38. The molecule has 2 nitrogen and oxygen atoms in total. The minimum atomic E-state index is -0.115. The van der Waals surface area contributed by atoms with Crippen molar-refractivity contribution in [3.8, 4) is 0 Å². The fraction of sp³-hybridized carbons (Fsp3) is 0.833. The zero-order chi connectivity index (χ0) is 5.61. The standard InChI is InChI=1S/C6H9O2/c1-2-3-4-6-5(7-6)8-6/h2-4H2,1H3. The molecule has 0 unspecified atom stereocenters. The summed E-state index contributed by atoms with van der Waals surface area (Å²) in [4.78, 5) is 0. The average molecular weight is 113 g/mol. The first-order valence-corrected chi connectivity index (χ1v) is 3.13. The van der Waals surface area contributed by atoms with Gasteiger partial charge in [-0.25, -0.2) is 0 Å². The number of ether oxygens (including phenoxy) is 2. The van der Waals surface area contributed by atoms with E-state index in [-0.39, 0.29) is 5.79 Å². The molecule has 0 aromatic carbocycles. The van der Waals surface area contributed by atoms with E-state index < -0.39 is 0 Å². The first-order chi connectivity index (χ1) is 3.87. The maximum Gasteiger partial charge on any atom is 0.291 e. The molecular formula is C6H9O2. The van der Waals surface area contributed by atoms with Gasteiger partial charge in [0.15, 0.2) is 0 Å². The van der Waals surface area contributed by atoms with Crippen LogP contribution in [0.2, 0.25) is 0 Å². The Morgan fingerprint density at radius 3 is 2.50 bits per heavy atom. The quantitative estimate of drug-likeness (QED) is 0.517. The maximum absolute atomic E-state index is 4.99. The molecule has 2 heteroatoms. The Hall–Kier alpha value is -0.0800. The van der Waals surface area contributed by atoms with Gasteiger partial charge in [0.25, 0.3) is 6.29 Å². The highest BCUT2D eigenvalue weighted by Crippen LogP contribution is 2.66. The van der Waals surface area contributed by atoms with Gasteiger partial charge in [-0.3, -0.25) is 0 Å². The zero-order valence-corrected chi connectivity index (χ0v) is 4.94. The van der Waals surface area contributed by atoms with E-state index in [2.05, 4.69) is 6.92 Å². The second kappa shape index (κ2) is 1.25. The van der Waals surface area contributed by atoms with Crippen molar-refractivity contribution < 1.29 is 9.47 Å². The van der Waals surface area contributed by atoms with Crippen LogP contribution < -0.4 is 0 Å². The van der Waals surface area contributed by atoms with Crippen molar-refractivity contribution in [3.05, 3.63) is 6.29 Å². The summed E-state index contributed by atoms with van der Waals surface area (Å²) in [7, 11) is 0. The Bertz CT molecular complexity index is 105. The third kappa shape index (κ3) is 0.501. The van der Waals surface area contributed by atoms with Crippen molar-refractivity contribution in [1.82, 2.24) is 0 Å². The lowest BCUT2D eigenvalue weighted by atomic mass is 10.2. The van der Waals surface area contributed by atoms with Gasteiger partial charge in [0, 0.05) is 6.42 Å². The molecule has 0 aromatic rings. The Morgan fingerprint density at radius 2 is 2.12 bits per heavy atom. The number of fused-ring (bicyclic) bond motifs is 1. The highest BCUT2D eigenvalue weighted by molar-refractivity contribution is 5.19. The van der Waals surface area contributed by atoms with Crippen LogP contribution in [0.25, 0.3) is 0 Å². The molecule has 2 aliphatic heterocycles. The molecule has 8 heavy (non-hydrogen) atoms. The van der Waals surface area contributed by atoms with Gasteiger partial charge in [-0.1, -0.05) is 13.3 Å². The molecule has 2 fully saturated rings. The van der Waals surface area contributed by atoms with Crippen LogP contribution in [0.4, 0.5) is 0 Å². The van der Waals surface area contributed by atoms with Crippen LogP contribution in [0.5, 0.6) is 0 Å². The Kier molecular flexibility index (Phi) is 0.746. The van der Waals surface area contributed by atoms with E-state index in [1.165, 1.54) is 12.8 Å². The average Bonchev–Trinajstić information content (AvgIpc) is 2.45. The number of unbranched alkanes of at least 4 members (excludes halogenated alkanes) is 1. The van der Waals surface area contributed by atoms with Crippen molar-refractivity contribution in [2.24, 2.45) is 0 Å². The van der Waals surface area contributed by atoms with Crippen molar-refractivity contribution in [1.29, 1.82) is 0 Å². The Labute approximate surface area is 48.8 Å². The largest absolute Gasteiger partial charge is 0.302 e. The SMILES string of the molecule is CCCCC12O[C]1O2. The molecule has 2 heterocycles. The van der Waals surface area contributed by atoms with Crippen LogP contribution in [0.1, 0.15) is 26.2 Å². The lowest BCUT2D eigenvalue weighted by molar-refractivity contribution is -0.0192. The van der Waals surface area contributed by atoms with Crippen molar-refractivity contribution in [3.63, 3.8) is 0 Å². The van der Waals surface area contributed by atoms with E-state index in [0.717, 1.165) is 12.7 Å². The van der Waals surface area contributed by atoms with E-state index in [9.17, 15) is 0 Å². The number of epoxide rings is 2. The van der Waals surface area contributed by atoms with Crippen molar-refractivity contribution >= 4 is 0 Å². The molecule has 1 radical (unpaired) electrons. The second-order valence-electron chi connectivity index (χ2n) is 2.35. The fourth-order valence-electron chi connectivity index (χ4n) is 0.870. The number of hydrogen-bond donors (Lipinski definition) is 0. The van der Waals surface area contributed by atoms with E-state index in [1.807, 2.05) is 0 Å². The minimum Gasteiger partial charge on any atom is -0.302 e. The zero-order valence-electron chi connectivity index (χ0n) is 4.94. The van der Waals surface area contributed by atoms with E-state index in [1.54, 1.807) is 0 Å². The Morgan fingerprint density at radius 1 is 1.50 bits per heavy atom. The monoisotopic (exact) mass is 113 g/mol. The summed E-state index contributed by atoms with van der Waals surface area (Å²) >= 11 is 0. The van der Waals surface area contributed by atoms with Crippen LogP contribution in [0.3, 0.4) is 0 Å². The van der Waals surface area contributed by atoms with Crippen molar-refractivity contribution in [2.45, 2.75) is 32.0 Å². The molecule has 45 valence electrons. The third-order valence-electron chi connectivity index (χ3n) is 1.60. The predicted octanol–water partition coefficient (Wildman–Crippen LogP) is 1.42. The fourth-order valence-corrected chi connectivity index (χ4v) is 0.870. The molecule has 0 spiro atoms. The van der Waals surface area contributed by atoms with Crippen LogP contribution in [-0.2, 0) is 9.47 Å². The molecule has 0 aliphatic carbocycles. The summed E-state index contributed by atoms with van der Waals surface area (Å²) < 4.78 is 9.98. The van der Waals surface area contributed by atoms with Crippen LogP contribution in [0, 0.1) is 6.29 Å². The molecule has 0 N–H and O–H groups in total. The maximum atomic E-state index is 4.99. The van der Waals surface area contributed by atoms with Crippen LogP contribution in [-0.4, -0.2) is 5.79 Å². The van der Waals surface area contributed by atoms with Crippen LogP contribution >= 0.6 is 0 Å². The van der Waals surface area contributed by atoms with E-state index in [4.69, 9.17) is 9.47 Å². The van der Waals surface area contributed by atoms with Crippen LogP contribution in [0.15, 0.2) is 0 Å². The number of hydrogen-bond acceptors (Lipinski definition) is 2.